The molecule has 0 bridgehead atoms. The standard InChI is InChI=1S/C19H19Br2N3O4S/c1-3-28-19(26)24-5-4-10-13(8-24)29-18-14(10)17(25)22-16(23-18)11-6-9(20)7-12(21)15(11)27-2/h6-7,16,23H,3-5,8H2,1-2H3,(H,22,25)/t16-/m1/s1. The van der Waals surface area contributed by atoms with Crippen molar-refractivity contribution >= 4 is 60.2 Å². The number of ether oxygens (including phenoxy) is 2. The highest BCUT2D eigenvalue weighted by Crippen LogP contribution is 2.43. The quantitative estimate of drug-likeness (QED) is 0.588. The first-order chi connectivity index (χ1) is 13.9. The molecule has 2 amide bonds. The summed E-state index contributed by atoms with van der Waals surface area (Å²) in [5, 5.41) is 7.28. The summed E-state index contributed by atoms with van der Waals surface area (Å²) in [6.07, 6.45) is -0.116. The number of hydrogen-bond acceptors (Lipinski definition) is 6. The van der Waals surface area contributed by atoms with Crippen LogP contribution in [0.15, 0.2) is 21.1 Å². The first-order valence-electron chi connectivity index (χ1n) is 9.09. The molecule has 1 aromatic heterocycles. The van der Waals surface area contributed by atoms with Crippen LogP contribution in [-0.4, -0.2) is 37.2 Å². The van der Waals surface area contributed by atoms with Crippen LogP contribution in [0.1, 0.15) is 39.5 Å². The average molecular weight is 545 g/mol. The van der Waals surface area contributed by atoms with Crippen molar-refractivity contribution < 1.29 is 19.1 Å². The van der Waals surface area contributed by atoms with Gasteiger partial charge in [-0.25, -0.2) is 4.79 Å². The third-order valence-electron chi connectivity index (χ3n) is 4.91. The molecule has 4 rings (SSSR count). The van der Waals surface area contributed by atoms with Crippen LogP contribution in [0.5, 0.6) is 5.75 Å². The van der Waals surface area contributed by atoms with Gasteiger partial charge in [-0.1, -0.05) is 15.9 Å². The van der Waals surface area contributed by atoms with Crippen molar-refractivity contribution in [2.45, 2.75) is 26.1 Å². The number of rotatable bonds is 3. The van der Waals surface area contributed by atoms with Crippen LogP contribution in [0, 0.1) is 0 Å². The smallest absolute Gasteiger partial charge is 0.410 e. The van der Waals surface area contributed by atoms with Crippen LogP contribution in [0.2, 0.25) is 0 Å². The summed E-state index contributed by atoms with van der Waals surface area (Å²) in [7, 11) is 1.60. The number of anilines is 1. The summed E-state index contributed by atoms with van der Waals surface area (Å²) >= 11 is 8.52. The fraction of sp³-hybridized carbons (Fsp3) is 0.368. The Morgan fingerprint density at radius 1 is 1.34 bits per heavy atom. The summed E-state index contributed by atoms with van der Waals surface area (Å²) < 4.78 is 12.3. The molecular weight excluding hydrogens is 526 g/mol. The lowest BCUT2D eigenvalue weighted by molar-refractivity contribution is 0.0933. The van der Waals surface area contributed by atoms with Gasteiger partial charge in [-0.05, 0) is 47.0 Å². The first kappa shape index (κ1) is 20.5. The molecule has 10 heteroatoms. The molecule has 154 valence electrons. The first-order valence-corrected chi connectivity index (χ1v) is 11.5. The zero-order chi connectivity index (χ0) is 20.7. The molecule has 2 N–H and O–H groups in total. The molecule has 2 aromatic rings. The van der Waals surface area contributed by atoms with E-state index in [4.69, 9.17) is 9.47 Å². The topological polar surface area (TPSA) is 79.9 Å². The second kappa shape index (κ2) is 8.16. The number of thiophene rings is 1. The minimum Gasteiger partial charge on any atom is -0.495 e. The minimum absolute atomic E-state index is 0.121. The third kappa shape index (κ3) is 3.73. The summed E-state index contributed by atoms with van der Waals surface area (Å²) in [5.74, 6) is 0.535. The number of amides is 2. The molecule has 0 spiro atoms. The van der Waals surface area contributed by atoms with Gasteiger partial charge in [0.2, 0.25) is 0 Å². The minimum atomic E-state index is -0.431. The Labute approximate surface area is 189 Å². The van der Waals surface area contributed by atoms with Gasteiger partial charge in [-0.15, -0.1) is 11.3 Å². The molecule has 0 saturated heterocycles. The Morgan fingerprint density at radius 2 is 2.14 bits per heavy atom. The van der Waals surface area contributed by atoms with Gasteiger partial charge in [-0.2, -0.15) is 0 Å². The lowest BCUT2D eigenvalue weighted by Crippen LogP contribution is -2.39. The van der Waals surface area contributed by atoms with Crippen molar-refractivity contribution in [1.29, 1.82) is 0 Å². The number of benzene rings is 1. The number of hydrogen-bond donors (Lipinski definition) is 2. The maximum atomic E-state index is 13.0. The molecule has 0 fully saturated rings. The van der Waals surface area contributed by atoms with Gasteiger partial charge < -0.3 is 25.0 Å². The molecule has 0 unspecified atom stereocenters. The fourth-order valence-corrected chi connectivity index (χ4v) is 6.36. The summed E-state index contributed by atoms with van der Waals surface area (Å²) in [6.45, 7) is 3.13. The Kier molecular flexibility index (Phi) is 5.76. The highest BCUT2D eigenvalue weighted by Gasteiger charge is 2.35. The normalized spacial score (nSPS) is 17.7. The number of nitrogens with zero attached hydrogens (tertiary/aromatic N) is 1. The number of nitrogens with one attached hydrogen (secondary N) is 2. The molecule has 1 atom stereocenters. The molecule has 0 aliphatic carbocycles. The number of carbonyl (C=O) groups excluding carboxylic acids is 2. The van der Waals surface area contributed by atoms with Crippen molar-refractivity contribution in [3.63, 3.8) is 0 Å². The summed E-state index contributed by atoms with van der Waals surface area (Å²) in [6, 6.07) is 3.81. The molecule has 2 aliphatic heterocycles. The van der Waals surface area contributed by atoms with Gasteiger partial charge in [0.1, 0.15) is 16.9 Å². The molecule has 29 heavy (non-hydrogen) atoms. The van der Waals surface area contributed by atoms with Crippen molar-refractivity contribution in [3.8, 4) is 5.75 Å². The number of fused-ring (bicyclic) bond motifs is 3. The van der Waals surface area contributed by atoms with Crippen molar-refractivity contribution in [3.05, 3.63) is 42.6 Å². The van der Waals surface area contributed by atoms with Crippen LogP contribution >= 0.6 is 43.2 Å². The second-order valence-corrected chi connectivity index (χ2v) is 9.51. The van der Waals surface area contributed by atoms with E-state index in [-0.39, 0.29) is 12.0 Å². The van der Waals surface area contributed by atoms with E-state index >= 15 is 0 Å². The molecule has 0 radical (unpaired) electrons. The summed E-state index contributed by atoms with van der Waals surface area (Å²) in [4.78, 5) is 27.7. The Balaban J connectivity index is 1.65. The highest BCUT2D eigenvalue weighted by atomic mass is 79.9. The zero-order valence-corrected chi connectivity index (χ0v) is 19.8. The van der Waals surface area contributed by atoms with E-state index in [2.05, 4.69) is 42.5 Å². The zero-order valence-electron chi connectivity index (χ0n) is 15.8. The average Bonchev–Trinajstić information content (AvgIpc) is 3.05. The largest absolute Gasteiger partial charge is 0.495 e. The molecule has 2 aliphatic rings. The van der Waals surface area contributed by atoms with Crippen molar-refractivity contribution in [2.24, 2.45) is 0 Å². The van der Waals surface area contributed by atoms with E-state index in [1.54, 1.807) is 18.9 Å². The number of halogens is 2. The maximum absolute atomic E-state index is 13.0. The van der Waals surface area contributed by atoms with E-state index < -0.39 is 6.17 Å². The SMILES string of the molecule is CCOC(=O)N1CCc2c(sc3c2C(=O)N[C@@H](c2cc(Br)cc(Br)c2OC)N3)C1. The molecular formula is C19H19Br2N3O4S. The van der Waals surface area contributed by atoms with Gasteiger partial charge in [0, 0.05) is 21.5 Å². The van der Waals surface area contributed by atoms with Crippen molar-refractivity contribution in [1.82, 2.24) is 10.2 Å². The van der Waals surface area contributed by atoms with Crippen LogP contribution < -0.4 is 15.4 Å². The van der Waals surface area contributed by atoms with E-state index in [0.29, 0.717) is 37.4 Å². The lowest BCUT2D eigenvalue weighted by Gasteiger charge is -2.29. The Bertz CT molecular complexity index is 994. The predicted molar refractivity (Wildman–Crippen MR) is 118 cm³/mol. The third-order valence-corrected chi connectivity index (χ3v) is 7.11. The van der Waals surface area contributed by atoms with Crippen molar-refractivity contribution in [2.75, 3.05) is 25.6 Å². The van der Waals surface area contributed by atoms with Crippen LogP contribution in [0.3, 0.4) is 0 Å². The monoisotopic (exact) mass is 543 g/mol. The molecule has 7 nitrogen and oxygen atoms in total. The van der Waals surface area contributed by atoms with Crippen LogP contribution in [-0.2, 0) is 17.7 Å². The van der Waals surface area contributed by atoms with E-state index in [1.165, 1.54) is 11.3 Å². The van der Waals surface area contributed by atoms with E-state index in [9.17, 15) is 9.59 Å². The number of carbonyl (C=O) groups is 2. The predicted octanol–water partition coefficient (Wildman–Crippen LogP) is 4.65. The second-order valence-electron chi connectivity index (χ2n) is 6.64. The van der Waals surface area contributed by atoms with Gasteiger partial charge in [0.25, 0.3) is 5.91 Å². The molecule has 3 heterocycles. The van der Waals surface area contributed by atoms with Gasteiger partial charge in [-0.3, -0.25) is 4.79 Å². The van der Waals surface area contributed by atoms with E-state index in [0.717, 1.165) is 30.0 Å². The van der Waals surface area contributed by atoms with E-state index in [1.807, 2.05) is 12.1 Å². The molecule has 0 saturated carbocycles. The maximum Gasteiger partial charge on any atom is 0.410 e. The lowest BCUT2D eigenvalue weighted by atomic mass is 10.0. The van der Waals surface area contributed by atoms with Gasteiger partial charge in [0.05, 0.1) is 30.3 Å². The summed E-state index contributed by atoms with van der Waals surface area (Å²) in [5.41, 5.74) is 2.50. The van der Waals surface area contributed by atoms with Crippen LogP contribution in [0.4, 0.5) is 9.80 Å². The Morgan fingerprint density at radius 3 is 2.86 bits per heavy atom. The Hall–Kier alpha value is -1.78. The highest BCUT2D eigenvalue weighted by molar-refractivity contribution is 9.11. The van der Waals surface area contributed by atoms with Crippen LogP contribution in [0.25, 0.3) is 0 Å². The fourth-order valence-electron chi connectivity index (χ4n) is 3.65. The number of methoxy groups -OCH3 is 1. The molecule has 1 aromatic carbocycles. The van der Waals surface area contributed by atoms with Gasteiger partial charge in [0.15, 0.2) is 0 Å². The van der Waals surface area contributed by atoms with Gasteiger partial charge >= 0.3 is 6.09 Å².